The van der Waals surface area contributed by atoms with Crippen molar-refractivity contribution in [2.24, 2.45) is 0 Å². The van der Waals surface area contributed by atoms with E-state index < -0.39 is 12.1 Å². The summed E-state index contributed by atoms with van der Waals surface area (Å²) in [6.45, 7) is 1.96. The maximum atomic E-state index is 11.0. The van der Waals surface area contributed by atoms with Crippen LogP contribution in [0.3, 0.4) is 0 Å². The lowest BCUT2D eigenvalue weighted by Gasteiger charge is -2.08. The van der Waals surface area contributed by atoms with Gasteiger partial charge in [-0.05, 0) is 6.92 Å². The van der Waals surface area contributed by atoms with Gasteiger partial charge in [-0.15, -0.1) is 11.6 Å². The largest absolute Gasteiger partial charge is 0.466 e. The van der Waals surface area contributed by atoms with E-state index in [1.807, 2.05) is 0 Å². The molecular formula is C9H15ClO4. The number of halogens is 1. The van der Waals surface area contributed by atoms with Crippen LogP contribution in [0.5, 0.6) is 0 Å². The fraction of sp³-hybridized carbons (Fsp3) is 0.778. The molecular weight excluding hydrogens is 208 g/mol. The summed E-state index contributed by atoms with van der Waals surface area (Å²) in [6.07, 6.45) is -0.903. The van der Waals surface area contributed by atoms with Crippen molar-refractivity contribution in [1.29, 1.82) is 0 Å². The highest BCUT2D eigenvalue weighted by Crippen LogP contribution is 2.03. The second kappa shape index (κ2) is 7.76. The summed E-state index contributed by atoms with van der Waals surface area (Å²) in [5.74, 6) is -0.388. The molecule has 0 saturated heterocycles. The van der Waals surface area contributed by atoms with Gasteiger partial charge in [0.2, 0.25) is 0 Å². The van der Waals surface area contributed by atoms with Gasteiger partial charge < -0.3 is 9.84 Å². The zero-order valence-electron chi connectivity index (χ0n) is 8.16. The lowest BCUT2D eigenvalue weighted by molar-refractivity contribution is -0.145. The molecule has 0 aromatic carbocycles. The smallest absolute Gasteiger partial charge is 0.308 e. The van der Waals surface area contributed by atoms with Crippen LogP contribution in [0.2, 0.25) is 0 Å². The van der Waals surface area contributed by atoms with Crippen molar-refractivity contribution >= 4 is 23.4 Å². The lowest BCUT2D eigenvalue weighted by atomic mass is 10.1. The number of aliphatic hydroxyl groups excluding tert-OH is 1. The number of ketones is 1. The standard InChI is InChI=1S/C9H15ClO4/c1-2-14-9(13)6-8(12)5-7(11)3-4-10/h8,12H,2-6H2,1H3/t8-/m0/s1. The van der Waals surface area contributed by atoms with Crippen molar-refractivity contribution in [3.05, 3.63) is 0 Å². The fourth-order valence-corrected chi connectivity index (χ4v) is 1.17. The maximum Gasteiger partial charge on any atom is 0.308 e. The Hall–Kier alpha value is -0.610. The first-order chi connectivity index (χ1) is 6.60. The molecule has 0 aliphatic rings. The normalized spacial score (nSPS) is 12.2. The number of Topliss-reactive ketones (excluding diaryl/α,β-unsaturated/α-hetero) is 1. The minimum Gasteiger partial charge on any atom is -0.466 e. The minimum atomic E-state index is -0.954. The Morgan fingerprint density at radius 1 is 1.43 bits per heavy atom. The summed E-state index contributed by atoms with van der Waals surface area (Å²) in [7, 11) is 0. The van der Waals surface area contributed by atoms with Crippen LogP contribution in [0.25, 0.3) is 0 Å². The fourth-order valence-electron chi connectivity index (χ4n) is 0.955. The Kier molecular flexibility index (Phi) is 7.42. The van der Waals surface area contributed by atoms with E-state index in [9.17, 15) is 14.7 Å². The zero-order chi connectivity index (χ0) is 11.0. The SMILES string of the molecule is CCOC(=O)C[C@@H](O)CC(=O)CCCl. The molecule has 0 radical (unpaired) electrons. The molecule has 0 saturated carbocycles. The highest BCUT2D eigenvalue weighted by molar-refractivity contribution is 6.19. The van der Waals surface area contributed by atoms with Crippen molar-refractivity contribution in [3.63, 3.8) is 0 Å². The summed E-state index contributed by atoms with van der Waals surface area (Å²) in [4.78, 5) is 21.9. The van der Waals surface area contributed by atoms with E-state index in [0.717, 1.165) is 0 Å². The van der Waals surface area contributed by atoms with E-state index in [2.05, 4.69) is 4.74 Å². The predicted molar refractivity (Wildman–Crippen MR) is 52.2 cm³/mol. The summed E-state index contributed by atoms with van der Waals surface area (Å²) < 4.78 is 4.62. The van der Waals surface area contributed by atoms with Crippen molar-refractivity contribution in [2.75, 3.05) is 12.5 Å². The Balaban J connectivity index is 3.68. The molecule has 0 heterocycles. The molecule has 0 amide bonds. The van der Waals surface area contributed by atoms with Gasteiger partial charge in [0.1, 0.15) is 5.78 Å². The number of rotatable bonds is 7. The van der Waals surface area contributed by atoms with Gasteiger partial charge >= 0.3 is 5.97 Å². The highest BCUT2D eigenvalue weighted by atomic mass is 35.5. The summed E-state index contributed by atoms with van der Waals surface area (Å²) in [5, 5.41) is 9.28. The third-order valence-electron chi connectivity index (χ3n) is 1.54. The third kappa shape index (κ3) is 6.86. The van der Waals surface area contributed by atoms with Crippen molar-refractivity contribution < 1.29 is 19.4 Å². The Morgan fingerprint density at radius 2 is 2.07 bits per heavy atom. The highest BCUT2D eigenvalue weighted by Gasteiger charge is 2.14. The van der Waals surface area contributed by atoms with Crippen molar-refractivity contribution in [2.45, 2.75) is 32.3 Å². The van der Waals surface area contributed by atoms with Gasteiger partial charge in [-0.1, -0.05) is 0 Å². The molecule has 0 aromatic heterocycles. The van der Waals surface area contributed by atoms with Gasteiger partial charge in [-0.25, -0.2) is 0 Å². The average molecular weight is 223 g/mol. The Morgan fingerprint density at radius 3 is 2.57 bits per heavy atom. The van der Waals surface area contributed by atoms with Crippen LogP contribution < -0.4 is 0 Å². The van der Waals surface area contributed by atoms with Crippen LogP contribution in [0.4, 0.5) is 0 Å². The van der Waals surface area contributed by atoms with E-state index in [1.165, 1.54) is 0 Å². The molecule has 0 rings (SSSR count). The van der Waals surface area contributed by atoms with Gasteiger partial charge in [-0.2, -0.15) is 0 Å². The van der Waals surface area contributed by atoms with Gasteiger partial charge in [0.05, 0.1) is 19.1 Å². The molecule has 1 N–H and O–H groups in total. The molecule has 0 unspecified atom stereocenters. The van der Waals surface area contributed by atoms with E-state index >= 15 is 0 Å². The van der Waals surface area contributed by atoms with Crippen LogP contribution in [0.1, 0.15) is 26.2 Å². The number of hydrogen-bond donors (Lipinski definition) is 1. The first-order valence-electron chi connectivity index (χ1n) is 4.51. The quantitative estimate of drug-likeness (QED) is 0.513. The number of aliphatic hydroxyl groups is 1. The monoisotopic (exact) mass is 222 g/mol. The molecule has 5 heteroatoms. The van der Waals surface area contributed by atoms with Crippen LogP contribution in [-0.2, 0) is 14.3 Å². The van der Waals surface area contributed by atoms with Crippen LogP contribution in [0, 0.1) is 0 Å². The Labute approximate surface area is 88.2 Å². The minimum absolute atomic E-state index is 0.0362. The number of ether oxygens (including phenoxy) is 1. The van der Waals surface area contributed by atoms with Gasteiger partial charge in [0.15, 0.2) is 0 Å². The molecule has 0 aromatic rings. The molecule has 0 spiro atoms. The molecule has 0 bridgehead atoms. The third-order valence-corrected chi connectivity index (χ3v) is 1.73. The lowest BCUT2D eigenvalue weighted by Crippen LogP contribution is -2.19. The molecule has 0 aliphatic carbocycles. The van der Waals surface area contributed by atoms with E-state index in [4.69, 9.17) is 11.6 Å². The summed E-state index contributed by atoms with van der Waals surface area (Å²) in [6, 6.07) is 0. The first-order valence-corrected chi connectivity index (χ1v) is 5.05. The molecule has 0 aliphatic heterocycles. The van der Waals surface area contributed by atoms with E-state index in [0.29, 0.717) is 0 Å². The molecule has 4 nitrogen and oxygen atoms in total. The second-order valence-electron chi connectivity index (χ2n) is 2.84. The number of carbonyl (C=O) groups is 2. The van der Waals surface area contributed by atoms with E-state index in [-0.39, 0.29) is 37.5 Å². The average Bonchev–Trinajstić information content (AvgIpc) is 2.03. The van der Waals surface area contributed by atoms with Gasteiger partial charge in [0.25, 0.3) is 0 Å². The molecule has 82 valence electrons. The summed E-state index contributed by atoms with van der Waals surface area (Å²) >= 11 is 5.34. The molecule has 1 atom stereocenters. The number of hydrogen-bond acceptors (Lipinski definition) is 4. The Bertz CT molecular complexity index is 173. The molecule has 14 heavy (non-hydrogen) atoms. The number of esters is 1. The van der Waals surface area contributed by atoms with Crippen molar-refractivity contribution in [3.8, 4) is 0 Å². The number of carbonyl (C=O) groups excluding carboxylic acids is 2. The van der Waals surface area contributed by atoms with Gasteiger partial charge in [-0.3, -0.25) is 9.59 Å². The van der Waals surface area contributed by atoms with Crippen LogP contribution in [0.15, 0.2) is 0 Å². The first kappa shape index (κ1) is 13.4. The summed E-state index contributed by atoms with van der Waals surface area (Å²) in [5.41, 5.74) is 0. The van der Waals surface area contributed by atoms with E-state index in [1.54, 1.807) is 6.92 Å². The van der Waals surface area contributed by atoms with Crippen molar-refractivity contribution in [1.82, 2.24) is 0 Å². The zero-order valence-corrected chi connectivity index (χ0v) is 8.92. The van der Waals surface area contributed by atoms with Crippen LogP contribution in [-0.4, -0.2) is 35.4 Å². The topological polar surface area (TPSA) is 63.6 Å². The second-order valence-corrected chi connectivity index (χ2v) is 3.22. The predicted octanol–water partition coefficient (Wildman–Crippen LogP) is 0.889. The maximum absolute atomic E-state index is 11.0. The number of alkyl halides is 1. The molecule has 0 fully saturated rings. The van der Waals surface area contributed by atoms with Gasteiger partial charge in [0, 0.05) is 18.7 Å². The van der Waals surface area contributed by atoms with Crippen LogP contribution >= 0.6 is 11.6 Å².